The van der Waals surface area contributed by atoms with Crippen LogP contribution in [-0.4, -0.2) is 51.9 Å². The summed E-state index contributed by atoms with van der Waals surface area (Å²) in [5.74, 6) is -0.475. The molecule has 1 N–H and O–H groups in total. The summed E-state index contributed by atoms with van der Waals surface area (Å²) in [4.78, 5) is 25.2. The molecule has 0 saturated carbocycles. The van der Waals surface area contributed by atoms with Crippen molar-refractivity contribution >= 4 is 11.9 Å². The Bertz CT molecular complexity index is 418. The predicted molar refractivity (Wildman–Crippen MR) is 61.7 cm³/mol. The number of nitrogens with zero attached hydrogens (tertiary/aromatic N) is 3. The molecule has 7 heteroatoms. The third-order valence-electron chi connectivity index (χ3n) is 3.15. The molecule has 7 nitrogen and oxygen atoms in total. The molecule has 2 heterocycles. The molecule has 0 aromatic carbocycles. The molecule has 1 unspecified atom stereocenters. The maximum atomic E-state index is 12.2. The molecule has 1 aromatic rings. The Hall–Kier alpha value is -1.92. The molecular weight excluding hydrogens is 236 g/mol. The number of esters is 1. The third-order valence-corrected chi connectivity index (χ3v) is 3.15. The van der Waals surface area contributed by atoms with Gasteiger partial charge in [0.05, 0.1) is 19.7 Å². The molecule has 0 radical (unpaired) electrons. The maximum absolute atomic E-state index is 12.2. The van der Waals surface area contributed by atoms with Crippen LogP contribution < -0.4 is 0 Å². The number of carbonyl (C=O) groups is 2. The van der Waals surface area contributed by atoms with Gasteiger partial charge in [-0.1, -0.05) is 0 Å². The van der Waals surface area contributed by atoms with Crippen molar-refractivity contribution in [3.8, 4) is 0 Å². The van der Waals surface area contributed by atoms with E-state index in [-0.39, 0.29) is 30.0 Å². The molecule has 0 bridgehead atoms. The first kappa shape index (κ1) is 12.5. The molecule has 18 heavy (non-hydrogen) atoms. The van der Waals surface area contributed by atoms with Crippen LogP contribution in [0.25, 0.3) is 0 Å². The van der Waals surface area contributed by atoms with Gasteiger partial charge in [0.15, 0.2) is 5.69 Å². The third kappa shape index (κ3) is 2.66. The summed E-state index contributed by atoms with van der Waals surface area (Å²) in [6, 6.07) is -0.101. The van der Waals surface area contributed by atoms with Crippen LogP contribution in [0.1, 0.15) is 36.2 Å². The highest BCUT2D eigenvalue weighted by atomic mass is 16.5. The van der Waals surface area contributed by atoms with Crippen molar-refractivity contribution in [1.29, 1.82) is 0 Å². The van der Waals surface area contributed by atoms with Gasteiger partial charge in [-0.25, -0.2) is 0 Å². The van der Waals surface area contributed by atoms with E-state index in [1.54, 1.807) is 4.90 Å². The van der Waals surface area contributed by atoms with E-state index >= 15 is 0 Å². The lowest BCUT2D eigenvalue weighted by Gasteiger charge is -2.34. The molecule has 0 aliphatic carbocycles. The fraction of sp³-hybridized carbons (Fsp3) is 0.636. The Labute approximate surface area is 104 Å². The van der Waals surface area contributed by atoms with Crippen molar-refractivity contribution < 1.29 is 14.3 Å². The van der Waals surface area contributed by atoms with Gasteiger partial charge < -0.3 is 9.64 Å². The number of hydrogen-bond donors (Lipinski definition) is 1. The van der Waals surface area contributed by atoms with Gasteiger partial charge in [-0.05, 0) is 19.3 Å². The van der Waals surface area contributed by atoms with Crippen LogP contribution in [0.15, 0.2) is 6.20 Å². The van der Waals surface area contributed by atoms with Gasteiger partial charge in [-0.2, -0.15) is 15.4 Å². The second-order valence-corrected chi connectivity index (χ2v) is 4.28. The normalized spacial score (nSPS) is 19.6. The smallest absolute Gasteiger partial charge is 0.307 e. The van der Waals surface area contributed by atoms with Crippen LogP contribution in [0.5, 0.6) is 0 Å². The van der Waals surface area contributed by atoms with Gasteiger partial charge in [0, 0.05) is 12.6 Å². The molecular formula is C11H16N4O3. The van der Waals surface area contributed by atoms with Crippen molar-refractivity contribution in [1.82, 2.24) is 20.3 Å². The second-order valence-electron chi connectivity index (χ2n) is 4.28. The fourth-order valence-corrected chi connectivity index (χ4v) is 2.21. The van der Waals surface area contributed by atoms with Crippen LogP contribution in [-0.2, 0) is 9.53 Å². The number of carbonyl (C=O) groups excluding carboxylic acids is 2. The molecule has 98 valence electrons. The fourth-order valence-electron chi connectivity index (χ4n) is 2.21. The van der Waals surface area contributed by atoms with Crippen molar-refractivity contribution in [2.75, 3.05) is 13.7 Å². The summed E-state index contributed by atoms with van der Waals surface area (Å²) in [7, 11) is 1.36. The van der Waals surface area contributed by atoms with Gasteiger partial charge in [-0.15, -0.1) is 0 Å². The SMILES string of the molecule is COC(=O)CC1CCCCN1C(=O)c1cn[nH]n1. The Morgan fingerprint density at radius 2 is 2.39 bits per heavy atom. The maximum Gasteiger partial charge on any atom is 0.307 e. The van der Waals surface area contributed by atoms with E-state index in [1.165, 1.54) is 13.3 Å². The lowest BCUT2D eigenvalue weighted by atomic mass is 9.99. The zero-order valence-electron chi connectivity index (χ0n) is 10.3. The average molecular weight is 252 g/mol. The Morgan fingerprint density at radius 3 is 3.06 bits per heavy atom. The van der Waals surface area contributed by atoms with E-state index in [1.807, 2.05) is 0 Å². The first-order valence-corrected chi connectivity index (χ1v) is 5.96. The standard InChI is InChI=1S/C11H16N4O3/c1-18-10(16)6-8-4-2-3-5-15(8)11(17)9-7-12-14-13-9/h7-8H,2-6H2,1H3,(H,12,13,14). The summed E-state index contributed by atoms with van der Waals surface area (Å²) in [5, 5.41) is 9.82. The highest BCUT2D eigenvalue weighted by Gasteiger charge is 2.30. The molecule has 1 aromatic heterocycles. The number of hydrogen-bond acceptors (Lipinski definition) is 5. The molecule has 1 aliphatic heterocycles. The minimum Gasteiger partial charge on any atom is -0.469 e. The highest BCUT2D eigenvalue weighted by Crippen LogP contribution is 2.21. The molecule has 1 amide bonds. The van der Waals surface area contributed by atoms with Crippen LogP contribution in [0, 0.1) is 0 Å². The average Bonchev–Trinajstić information content (AvgIpc) is 2.92. The summed E-state index contributed by atoms with van der Waals surface area (Å²) in [6.07, 6.45) is 4.41. The molecule has 2 rings (SSSR count). The molecule has 1 atom stereocenters. The summed E-state index contributed by atoms with van der Waals surface area (Å²) < 4.78 is 4.66. The van der Waals surface area contributed by atoms with E-state index < -0.39 is 0 Å². The van der Waals surface area contributed by atoms with Gasteiger partial charge in [0.2, 0.25) is 0 Å². The zero-order chi connectivity index (χ0) is 13.0. The second kappa shape index (κ2) is 5.61. The topological polar surface area (TPSA) is 88.2 Å². The van der Waals surface area contributed by atoms with Gasteiger partial charge >= 0.3 is 5.97 Å². The lowest BCUT2D eigenvalue weighted by molar-refractivity contribution is -0.142. The highest BCUT2D eigenvalue weighted by molar-refractivity contribution is 5.92. The van der Waals surface area contributed by atoms with Crippen LogP contribution in [0.3, 0.4) is 0 Å². The molecule has 1 aliphatic rings. The minimum atomic E-state index is -0.292. The number of piperidine rings is 1. The number of rotatable bonds is 3. The first-order valence-electron chi connectivity index (χ1n) is 5.96. The molecule has 1 saturated heterocycles. The number of H-pyrrole nitrogens is 1. The lowest BCUT2D eigenvalue weighted by Crippen LogP contribution is -2.45. The van der Waals surface area contributed by atoms with Crippen molar-refractivity contribution in [3.05, 3.63) is 11.9 Å². The number of nitrogens with one attached hydrogen (secondary N) is 1. The number of aromatic amines is 1. The number of aromatic nitrogens is 3. The van der Waals surface area contributed by atoms with Gasteiger partial charge in [-0.3, -0.25) is 9.59 Å². The quantitative estimate of drug-likeness (QED) is 0.785. The van der Waals surface area contributed by atoms with E-state index in [0.717, 1.165) is 19.3 Å². The Morgan fingerprint density at radius 1 is 1.56 bits per heavy atom. The van der Waals surface area contributed by atoms with E-state index in [2.05, 4.69) is 20.1 Å². The van der Waals surface area contributed by atoms with Crippen LogP contribution >= 0.6 is 0 Å². The van der Waals surface area contributed by atoms with Crippen LogP contribution in [0.4, 0.5) is 0 Å². The number of methoxy groups -OCH3 is 1. The zero-order valence-corrected chi connectivity index (χ0v) is 10.3. The number of amides is 1. The van der Waals surface area contributed by atoms with E-state index in [9.17, 15) is 9.59 Å². The predicted octanol–water partition coefficient (Wildman–Crippen LogP) is 0.362. The van der Waals surface area contributed by atoms with Crippen molar-refractivity contribution in [2.45, 2.75) is 31.7 Å². The number of likely N-dealkylation sites (tertiary alicyclic amines) is 1. The summed E-state index contributed by atoms with van der Waals surface area (Å²) in [6.45, 7) is 0.646. The Balaban J connectivity index is 2.08. The monoisotopic (exact) mass is 252 g/mol. The van der Waals surface area contributed by atoms with Crippen molar-refractivity contribution in [2.24, 2.45) is 0 Å². The summed E-state index contributed by atoms with van der Waals surface area (Å²) in [5.41, 5.74) is 0.284. The Kier molecular flexibility index (Phi) is 3.91. The first-order chi connectivity index (χ1) is 8.72. The number of ether oxygens (including phenoxy) is 1. The van der Waals surface area contributed by atoms with E-state index in [4.69, 9.17) is 0 Å². The van der Waals surface area contributed by atoms with Gasteiger partial charge in [0.25, 0.3) is 5.91 Å². The summed E-state index contributed by atoms with van der Waals surface area (Å²) >= 11 is 0. The van der Waals surface area contributed by atoms with Crippen molar-refractivity contribution in [3.63, 3.8) is 0 Å². The van der Waals surface area contributed by atoms with Crippen LogP contribution in [0.2, 0.25) is 0 Å². The van der Waals surface area contributed by atoms with E-state index in [0.29, 0.717) is 6.54 Å². The van der Waals surface area contributed by atoms with Gasteiger partial charge in [0.1, 0.15) is 0 Å². The minimum absolute atomic E-state index is 0.101. The molecule has 1 fully saturated rings. The molecule has 0 spiro atoms. The largest absolute Gasteiger partial charge is 0.469 e.